The first-order chi connectivity index (χ1) is 13.0. The quantitative estimate of drug-likeness (QED) is 0.659. The van der Waals surface area contributed by atoms with Crippen LogP contribution in [-0.4, -0.2) is 17.4 Å². The molecular weight excluding hydrogens is 336 g/mol. The average molecular weight is 358 g/mol. The Labute approximate surface area is 159 Å². The Kier molecular flexibility index (Phi) is 5.80. The van der Waals surface area contributed by atoms with Gasteiger partial charge in [0.25, 0.3) is 0 Å². The van der Waals surface area contributed by atoms with E-state index in [2.05, 4.69) is 33.8 Å². The molecule has 0 radical (unpaired) electrons. The lowest BCUT2D eigenvalue weighted by atomic mass is 10.0. The van der Waals surface area contributed by atoms with Gasteiger partial charge in [-0.25, -0.2) is 4.98 Å². The van der Waals surface area contributed by atoms with E-state index in [0.29, 0.717) is 5.82 Å². The first kappa shape index (κ1) is 18.6. The lowest BCUT2D eigenvalue weighted by molar-refractivity contribution is -0.114. The molecule has 2 aromatic carbocycles. The number of fused-ring (bicyclic) bond motifs is 1. The maximum absolute atomic E-state index is 11.2. The minimum atomic E-state index is -0.127. The van der Waals surface area contributed by atoms with Crippen LogP contribution in [0.3, 0.4) is 0 Å². The molecule has 3 rings (SSSR count). The summed E-state index contributed by atoms with van der Waals surface area (Å²) in [4.78, 5) is 15.7. The molecule has 0 aliphatic carbocycles. The number of nitrogens with one attached hydrogen (secondary N) is 2. The molecule has 1 aromatic heterocycles. The highest BCUT2D eigenvalue weighted by Crippen LogP contribution is 2.17. The molecule has 5 nitrogen and oxygen atoms in total. The molecule has 5 heteroatoms. The Morgan fingerprint density at radius 2 is 1.89 bits per heavy atom. The van der Waals surface area contributed by atoms with Gasteiger partial charge in [0.1, 0.15) is 5.82 Å². The first-order valence-corrected chi connectivity index (χ1v) is 8.93. The van der Waals surface area contributed by atoms with Crippen LogP contribution in [0.2, 0.25) is 0 Å². The highest BCUT2D eigenvalue weighted by atomic mass is 16.1. The van der Waals surface area contributed by atoms with Crippen LogP contribution in [0.1, 0.15) is 29.2 Å². The Morgan fingerprint density at radius 3 is 2.63 bits per heavy atom. The van der Waals surface area contributed by atoms with Gasteiger partial charge in [-0.1, -0.05) is 24.3 Å². The number of nitriles is 1. The van der Waals surface area contributed by atoms with Gasteiger partial charge in [0.2, 0.25) is 5.91 Å². The van der Waals surface area contributed by atoms with Crippen molar-refractivity contribution in [1.82, 2.24) is 10.3 Å². The molecule has 0 unspecified atom stereocenters. The van der Waals surface area contributed by atoms with Gasteiger partial charge in [-0.15, -0.1) is 0 Å². The molecule has 0 spiro atoms. The van der Waals surface area contributed by atoms with E-state index >= 15 is 0 Å². The van der Waals surface area contributed by atoms with Crippen LogP contribution in [0, 0.1) is 18.3 Å². The van der Waals surface area contributed by atoms with Crippen LogP contribution < -0.4 is 10.6 Å². The Balaban J connectivity index is 1.59. The molecule has 0 atom stereocenters. The van der Waals surface area contributed by atoms with Gasteiger partial charge in [0, 0.05) is 18.9 Å². The molecule has 0 saturated heterocycles. The van der Waals surface area contributed by atoms with Crippen LogP contribution >= 0.6 is 0 Å². The molecule has 1 heterocycles. The van der Waals surface area contributed by atoms with Gasteiger partial charge in [-0.2, -0.15) is 5.26 Å². The third kappa shape index (κ3) is 4.90. The molecular formula is C22H22N4O. The highest BCUT2D eigenvalue weighted by Gasteiger charge is 2.03. The van der Waals surface area contributed by atoms with E-state index in [4.69, 9.17) is 5.26 Å². The summed E-state index contributed by atoms with van der Waals surface area (Å²) in [6.45, 7) is 5.04. The van der Waals surface area contributed by atoms with Crippen molar-refractivity contribution >= 4 is 22.6 Å². The summed E-state index contributed by atoms with van der Waals surface area (Å²) in [5.41, 5.74) is 4.98. The summed E-state index contributed by atoms with van der Waals surface area (Å²) in [6, 6.07) is 18.1. The number of aromatic nitrogens is 1. The Morgan fingerprint density at radius 1 is 1.11 bits per heavy atom. The molecule has 136 valence electrons. The van der Waals surface area contributed by atoms with Crippen molar-refractivity contribution in [3.8, 4) is 6.07 Å². The van der Waals surface area contributed by atoms with E-state index in [-0.39, 0.29) is 5.91 Å². The van der Waals surface area contributed by atoms with E-state index in [1.807, 2.05) is 37.3 Å². The summed E-state index contributed by atoms with van der Waals surface area (Å²) in [6.07, 6.45) is 0.908. The smallest absolute Gasteiger partial charge is 0.222 e. The number of anilines is 1. The fraction of sp³-hybridized carbons (Fsp3) is 0.227. The normalized spacial score (nSPS) is 10.6. The van der Waals surface area contributed by atoms with Gasteiger partial charge < -0.3 is 10.6 Å². The zero-order valence-corrected chi connectivity index (χ0v) is 15.5. The Bertz CT molecular complexity index is 1020. The number of pyridine rings is 1. The zero-order chi connectivity index (χ0) is 19.2. The van der Waals surface area contributed by atoms with Crippen LogP contribution in [0.25, 0.3) is 10.9 Å². The summed E-state index contributed by atoms with van der Waals surface area (Å²) >= 11 is 0. The molecule has 0 saturated carbocycles. The van der Waals surface area contributed by atoms with Crippen molar-refractivity contribution in [2.45, 2.75) is 26.8 Å². The van der Waals surface area contributed by atoms with Crippen LogP contribution in [0.5, 0.6) is 0 Å². The van der Waals surface area contributed by atoms with Gasteiger partial charge in [0.05, 0.1) is 17.1 Å². The molecule has 0 aliphatic rings. The van der Waals surface area contributed by atoms with Crippen LogP contribution in [-0.2, 0) is 17.8 Å². The number of nitrogens with zero attached hydrogens (tertiary/aromatic N) is 2. The minimum Gasteiger partial charge on any atom is -0.312 e. The largest absolute Gasteiger partial charge is 0.312 e. The van der Waals surface area contributed by atoms with E-state index in [0.717, 1.165) is 47.1 Å². The lowest BCUT2D eigenvalue weighted by Gasteiger charge is -2.08. The van der Waals surface area contributed by atoms with Gasteiger partial charge in [0.15, 0.2) is 0 Å². The fourth-order valence-electron chi connectivity index (χ4n) is 2.99. The second-order valence-electron chi connectivity index (χ2n) is 6.59. The summed E-state index contributed by atoms with van der Waals surface area (Å²) in [5, 5.41) is 16.2. The van der Waals surface area contributed by atoms with Crippen LogP contribution in [0.15, 0.2) is 48.5 Å². The van der Waals surface area contributed by atoms with E-state index in [9.17, 15) is 4.79 Å². The number of hydrogen-bond donors (Lipinski definition) is 2. The number of amides is 1. The highest BCUT2D eigenvalue weighted by molar-refractivity contribution is 5.89. The predicted molar refractivity (Wildman–Crippen MR) is 107 cm³/mol. The molecule has 27 heavy (non-hydrogen) atoms. The Hall–Kier alpha value is -3.23. The topological polar surface area (TPSA) is 77.8 Å². The van der Waals surface area contributed by atoms with Gasteiger partial charge in [-0.3, -0.25) is 4.79 Å². The molecule has 0 bridgehead atoms. The standard InChI is InChI=1S/C22H22N4O/c1-15-11-17(3-6-20(15)13-23)9-10-24-14-18-4-5-19-7-8-22(25-16(2)27)26-21(19)12-18/h3-8,11-12,24H,9-10,14H2,1-2H3,(H,25,26,27). The monoisotopic (exact) mass is 358 g/mol. The van der Waals surface area contributed by atoms with E-state index < -0.39 is 0 Å². The lowest BCUT2D eigenvalue weighted by Crippen LogP contribution is -2.16. The molecule has 3 aromatic rings. The minimum absolute atomic E-state index is 0.127. The van der Waals surface area contributed by atoms with E-state index in [1.54, 1.807) is 6.07 Å². The predicted octanol–water partition coefficient (Wildman–Crippen LogP) is 3.71. The second-order valence-corrected chi connectivity index (χ2v) is 6.59. The van der Waals surface area contributed by atoms with Crippen molar-refractivity contribution in [1.29, 1.82) is 5.26 Å². The second kappa shape index (κ2) is 8.43. The zero-order valence-electron chi connectivity index (χ0n) is 15.5. The number of benzene rings is 2. The number of hydrogen-bond acceptors (Lipinski definition) is 4. The maximum atomic E-state index is 11.2. The van der Waals surface area contributed by atoms with Crippen molar-refractivity contribution in [2.75, 3.05) is 11.9 Å². The third-order valence-electron chi connectivity index (χ3n) is 4.39. The number of aryl methyl sites for hydroxylation is 1. The van der Waals surface area contributed by atoms with Crippen molar-refractivity contribution in [3.63, 3.8) is 0 Å². The average Bonchev–Trinajstić information content (AvgIpc) is 2.64. The maximum Gasteiger partial charge on any atom is 0.222 e. The van der Waals surface area contributed by atoms with Crippen LogP contribution in [0.4, 0.5) is 5.82 Å². The van der Waals surface area contributed by atoms with Crippen molar-refractivity contribution in [2.24, 2.45) is 0 Å². The summed E-state index contributed by atoms with van der Waals surface area (Å²) < 4.78 is 0. The number of rotatable bonds is 6. The molecule has 0 fully saturated rings. The first-order valence-electron chi connectivity index (χ1n) is 8.93. The van der Waals surface area contributed by atoms with Gasteiger partial charge in [-0.05, 0) is 60.8 Å². The van der Waals surface area contributed by atoms with E-state index in [1.165, 1.54) is 12.5 Å². The SMILES string of the molecule is CC(=O)Nc1ccc2ccc(CNCCc3ccc(C#N)c(C)c3)cc2n1. The summed E-state index contributed by atoms with van der Waals surface area (Å²) in [7, 11) is 0. The third-order valence-corrected chi connectivity index (χ3v) is 4.39. The fourth-order valence-corrected chi connectivity index (χ4v) is 2.99. The van der Waals surface area contributed by atoms with Crippen molar-refractivity contribution in [3.05, 3.63) is 70.8 Å². The molecule has 2 N–H and O–H groups in total. The summed E-state index contributed by atoms with van der Waals surface area (Å²) in [5.74, 6) is 0.439. The number of carbonyl (C=O) groups excluding carboxylic acids is 1. The van der Waals surface area contributed by atoms with Crippen molar-refractivity contribution < 1.29 is 4.79 Å². The number of carbonyl (C=O) groups is 1. The molecule has 1 amide bonds. The molecule has 0 aliphatic heterocycles. The van der Waals surface area contributed by atoms with Gasteiger partial charge >= 0.3 is 0 Å².